The fourth-order valence-electron chi connectivity index (χ4n) is 7.68. The second kappa shape index (κ2) is 12.7. The Morgan fingerprint density at radius 3 is 1.95 bits per heavy atom. The van der Waals surface area contributed by atoms with Gasteiger partial charge in [0.05, 0.1) is 6.61 Å². The van der Waals surface area contributed by atoms with Crippen LogP contribution in [0.25, 0.3) is 0 Å². The molecule has 0 aliphatic heterocycles. The van der Waals surface area contributed by atoms with Crippen molar-refractivity contribution in [2.24, 2.45) is 29.6 Å². The molecule has 38 heavy (non-hydrogen) atoms. The summed E-state index contributed by atoms with van der Waals surface area (Å²) in [5.74, 6) is 3.03. The van der Waals surface area contributed by atoms with Crippen LogP contribution >= 0.6 is 0 Å². The van der Waals surface area contributed by atoms with Crippen LogP contribution in [0.5, 0.6) is 11.5 Å². The molecule has 3 aliphatic carbocycles. The summed E-state index contributed by atoms with van der Waals surface area (Å²) < 4.78 is 39.2. The van der Waals surface area contributed by atoms with E-state index in [2.05, 4.69) is 43.3 Å². The highest BCUT2D eigenvalue weighted by molar-refractivity contribution is 5.35. The molecular formula is C34H44F2O2. The molecule has 3 aliphatic rings. The van der Waals surface area contributed by atoms with Crippen molar-refractivity contribution >= 4 is 0 Å². The molecule has 0 bridgehead atoms. The van der Waals surface area contributed by atoms with Crippen molar-refractivity contribution in [2.75, 3.05) is 6.61 Å². The Hall–Kier alpha value is -2.36. The zero-order chi connectivity index (χ0) is 26.5. The Morgan fingerprint density at radius 1 is 0.711 bits per heavy atom. The first kappa shape index (κ1) is 27.2. The van der Waals surface area contributed by atoms with Crippen LogP contribution in [0.3, 0.4) is 0 Å². The van der Waals surface area contributed by atoms with Gasteiger partial charge in [0.1, 0.15) is 6.61 Å². The number of halogens is 2. The molecule has 0 aromatic heterocycles. The molecule has 3 saturated carbocycles. The molecule has 0 N–H and O–H groups in total. The molecule has 5 rings (SSSR count). The Bertz CT molecular complexity index is 1070. The molecule has 4 heteroatoms. The molecule has 2 aromatic rings. The summed E-state index contributed by atoms with van der Waals surface area (Å²) in [4.78, 5) is 0. The summed E-state index contributed by atoms with van der Waals surface area (Å²) in [6, 6.07) is 11.4. The van der Waals surface area contributed by atoms with Crippen LogP contribution in [0, 0.1) is 41.2 Å². The highest BCUT2D eigenvalue weighted by atomic mass is 19.2. The van der Waals surface area contributed by atoms with Crippen LogP contribution in [-0.2, 0) is 6.61 Å². The summed E-state index contributed by atoms with van der Waals surface area (Å²) in [6.07, 6.45) is 18.6. The largest absolute Gasteiger partial charge is 0.491 e. The normalized spacial score (nSPS) is 29.7. The minimum atomic E-state index is -1.000. The summed E-state index contributed by atoms with van der Waals surface area (Å²) in [7, 11) is 0. The zero-order valence-electron chi connectivity index (χ0n) is 23.1. The van der Waals surface area contributed by atoms with Crippen molar-refractivity contribution in [1.82, 2.24) is 0 Å². The van der Waals surface area contributed by atoms with Crippen LogP contribution < -0.4 is 9.47 Å². The van der Waals surface area contributed by atoms with Gasteiger partial charge in [-0.25, -0.2) is 0 Å². The second-order valence-electron chi connectivity index (χ2n) is 12.0. The predicted molar refractivity (Wildman–Crippen MR) is 149 cm³/mol. The van der Waals surface area contributed by atoms with Gasteiger partial charge < -0.3 is 9.47 Å². The number of fused-ring (bicyclic) bond motifs is 1. The highest BCUT2D eigenvalue weighted by Crippen LogP contribution is 2.51. The standard InChI is InChI=1S/C34H44F2O2/c1-3-5-23-6-10-25(11-7-23)27-14-16-30-21-28(15-17-29(30)20-27)26-12-8-24(9-13-26)22-38-32-19-18-31(37-4-2)33(35)34(32)36/h3,5,8-9,12-13,18-19,23,25,27-30H,4,6-7,10-11,14-17,20-22H2,1-2H3/b5-3+. The maximum atomic E-state index is 14.3. The Balaban J connectivity index is 1.11. The molecule has 0 saturated heterocycles. The monoisotopic (exact) mass is 522 g/mol. The fraction of sp³-hybridized carbons (Fsp3) is 0.588. The Morgan fingerprint density at radius 2 is 1.29 bits per heavy atom. The first-order valence-corrected chi connectivity index (χ1v) is 15.0. The molecule has 0 spiro atoms. The molecule has 3 fully saturated rings. The van der Waals surface area contributed by atoms with Gasteiger partial charge >= 0.3 is 0 Å². The van der Waals surface area contributed by atoms with E-state index < -0.39 is 11.6 Å². The van der Waals surface area contributed by atoms with E-state index in [4.69, 9.17) is 9.47 Å². The van der Waals surface area contributed by atoms with Crippen LogP contribution in [0.4, 0.5) is 8.78 Å². The average molecular weight is 523 g/mol. The minimum Gasteiger partial charge on any atom is -0.491 e. The van der Waals surface area contributed by atoms with Gasteiger partial charge in [-0.3, -0.25) is 0 Å². The quantitative estimate of drug-likeness (QED) is 0.321. The van der Waals surface area contributed by atoms with Gasteiger partial charge in [0.2, 0.25) is 11.6 Å². The average Bonchev–Trinajstić information content (AvgIpc) is 2.95. The van der Waals surface area contributed by atoms with Crippen LogP contribution in [0.1, 0.15) is 95.1 Å². The van der Waals surface area contributed by atoms with Gasteiger partial charge in [-0.2, -0.15) is 8.78 Å². The van der Waals surface area contributed by atoms with Crippen molar-refractivity contribution in [3.05, 3.63) is 71.3 Å². The summed E-state index contributed by atoms with van der Waals surface area (Å²) in [5, 5.41) is 0. The minimum absolute atomic E-state index is 0.0860. The molecule has 206 valence electrons. The predicted octanol–water partition coefficient (Wildman–Crippen LogP) is 9.62. The number of hydrogen-bond donors (Lipinski definition) is 0. The maximum absolute atomic E-state index is 14.3. The number of rotatable bonds is 8. The number of hydrogen-bond acceptors (Lipinski definition) is 2. The molecule has 0 heterocycles. The van der Waals surface area contributed by atoms with Crippen molar-refractivity contribution in [2.45, 2.75) is 90.6 Å². The summed E-state index contributed by atoms with van der Waals surface area (Å²) in [5.41, 5.74) is 2.37. The lowest BCUT2D eigenvalue weighted by atomic mass is 9.60. The van der Waals surface area contributed by atoms with Crippen molar-refractivity contribution in [3.63, 3.8) is 0 Å². The molecule has 0 amide bonds. The SMILES string of the molecule is C/C=C/C1CCC(C2CCC3CC(c4ccc(COc5ccc(OCC)c(F)c5F)cc4)CCC3C2)CC1. The Labute approximate surface area is 227 Å². The summed E-state index contributed by atoms with van der Waals surface area (Å²) >= 11 is 0. The van der Waals surface area contributed by atoms with E-state index in [1.807, 2.05) is 0 Å². The molecule has 2 nitrogen and oxygen atoms in total. The first-order chi connectivity index (χ1) is 18.6. The lowest BCUT2D eigenvalue weighted by Gasteiger charge is -2.45. The zero-order valence-corrected chi connectivity index (χ0v) is 23.1. The van der Waals surface area contributed by atoms with Crippen molar-refractivity contribution < 1.29 is 18.3 Å². The van der Waals surface area contributed by atoms with Gasteiger partial charge in [0.15, 0.2) is 11.5 Å². The van der Waals surface area contributed by atoms with E-state index in [0.29, 0.717) is 5.92 Å². The van der Waals surface area contributed by atoms with Crippen molar-refractivity contribution in [1.29, 1.82) is 0 Å². The molecule has 4 unspecified atom stereocenters. The Kier molecular flexibility index (Phi) is 9.07. The van der Waals surface area contributed by atoms with Crippen LogP contribution in [0.2, 0.25) is 0 Å². The van der Waals surface area contributed by atoms with Gasteiger partial charge in [-0.1, -0.05) is 36.4 Å². The molecule has 0 radical (unpaired) electrons. The van der Waals surface area contributed by atoms with E-state index >= 15 is 0 Å². The number of ether oxygens (including phenoxy) is 2. The lowest BCUT2D eigenvalue weighted by Crippen LogP contribution is -2.34. The van der Waals surface area contributed by atoms with E-state index in [9.17, 15) is 8.78 Å². The molecule has 2 aromatic carbocycles. The maximum Gasteiger partial charge on any atom is 0.204 e. The summed E-state index contributed by atoms with van der Waals surface area (Å²) in [6.45, 7) is 4.38. The number of allylic oxidation sites excluding steroid dienone is 2. The topological polar surface area (TPSA) is 18.5 Å². The van der Waals surface area contributed by atoms with Crippen LogP contribution in [0.15, 0.2) is 48.6 Å². The highest BCUT2D eigenvalue weighted by Gasteiger charge is 2.38. The van der Waals surface area contributed by atoms with E-state index in [-0.39, 0.29) is 24.7 Å². The second-order valence-corrected chi connectivity index (χ2v) is 12.0. The van der Waals surface area contributed by atoms with E-state index in [1.165, 1.54) is 81.9 Å². The van der Waals surface area contributed by atoms with Crippen molar-refractivity contribution in [3.8, 4) is 11.5 Å². The molecular weight excluding hydrogens is 478 g/mol. The van der Waals surface area contributed by atoms with Gasteiger partial charge in [0.25, 0.3) is 0 Å². The molecule has 4 atom stereocenters. The third kappa shape index (κ3) is 6.26. The van der Waals surface area contributed by atoms with Gasteiger partial charge in [-0.15, -0.1) is 0 Å². The van der Waals surface area contributed by atoms with E-state index in [0.717, 1.165) is 35.2 Å². The van der Waals surface area contributed by atoms with Gasteiger partial charge in [0, 0.05) is 0 Å². The van der Waals surface area contributed by atoms with E-state index in [1.54, 1.807) is 6.92 Å². The smallest absolute Gasteiger partial charge is 0.204 e. The third-order valence-corrected chi connectivity index (χ3v) is 9.76. The lowest BCUT2D eigenvalue weighted by molar-refractivity contribution is 0.0748. The third-order valence-electron chi connectivity index (χ3n) is 9.76. The van der Waals surface area contributed by atoms with Crippen LogP contribution in [-0.4, -0.2) is 6.61 Å². The first-order valence-electron chi connectivity index (χ1n) is 15.0. The number of benzene rings is 2. The van der Waals surface area contributed by atoms with Gasteiger partial charge in [-0.05, 0) is 137 Å². The fourth-order valence-corrected chi connectivity index (χ4v) is 7.68.